The van der Waals surface area contributed by atoms with Gasteiger partial charge in [-0.25, -0.2) is 9.97 Å². The Morgan fingerprint density at radius 2 is 2.07 bits per heavy atom. The molecule has 2 aromatic rings. The van der Waals surface area contributed by atoms with E-state index in [9.17, 15) is 0 Å². The van der Waals surface area contributed by atoms with Gasteiger partial charge < -0.3 is 5.32 Å². The highest BCUT2D eigenvalue weighted by molar-refractivity contribution is 7.16. The molecule has 0 aliphatic rings. The van der Waals surface area contributed by atoms with Gasteiger partial charge in [0.1, 0.15) is 6.33 Å². The lowest BCUT2D eigenvalue weighted by Gasteiger charge is -2.13. The van der Waals surface area contributed by atoms with E-state index in [1.54, 1.807) is 11.3 Å². The third-order valence-corrected chi connectivity index (χ3v) is 3.38. The van der Waals surface area contributed by atoms with Crippen LogP contribution >= 0.6 is 22.9 Å². The van der Waals surface area contributed by atoms with Crippen molar-refractivity contribution in [1.29, 1.82) is 0 Å². The molecule has 3 nitrogen and oxygen atoms in total. The van der Waals surface area contributed by atoms with Gasteiger partial charge in [0, 0.05) is 22.8 Å². The highest BCUT2D eigenvalue weighted by Gasteiger charge is 2.14. The Labute approximate surface area is 97.2 Å². The van der Waals surface area contributed by atoms with Gasteiger partial charge in [0.15, 0.2) is 0 Å². The SMILES string of the molecule is CNC(c1cncnc1)c1ccc(Cl)s1. The van der Waals surface area contributed by atoms with Gasteiger partial charge in [-0.1, -0.05) is 11.6 Å². The molecule has 15 heavy (non-hydrogen) atoms. The van der Waals surface area contributed by atoms with Crippen molar-refractivity contribution in [3.8, 4) is 0 Å². The van der Waals surface area contributed by atoms with Gasteiger partial charge in [0.25, 0.3) is 0 Å². The van der Waals surface area contributed by atoms with Crippen molar-refractivity contribution >= 4 is 22.9 Å². The zero-order valence-corrected chi connectivity index (χ0v) is 9.72. The van der Waals surface area contributed by atoms with Gasteiger partial charge in [0.05, 0.1) is 10.4 Å². The van der Waals surface area contributed by atoms with E-state index in [2.05, 4.69) is 15.3 Å². The summed E-state index contributed by atoms with van der Waals surface area (Å²) in [6, 6.07) is 4.03. The normalized spacial score (nSPS) is 12.7. The largest absolute Gasteiger partial charge is 0.309 e. The van der Waals surface area contributed by atoms with Crippen molar-refractivity contribution in [2.24, 2.45) is 0 Å². The molecular weight excluding hydrogens is 230 g/mol. The Kier molecular flexibility index (Phi) is 3.30. The van der Waals surface area contributed by atoms with Crippen molar-refractivity contribution in [3.05, 3.63) is 45.6 Å². The van der Waals surface area contributed by atoms with Crippen molar-refractivity contribution < 1.29 is 0 Å². The summed E-state index contributed by atoms with van der Waals surface area (Å²) in [4.78, 5) is 9.18. The Balaban J connectivity index is 2.33. The number of hydrogen-bond acceptors (Lipinski definition) is 4. The molecule has 0 aliphatic carbocycles. The molecule has 0 saturated heterocycles. The minimum Gasteiger partial charge on any atom is -0.309 e. The van der Waals surface area contributed by atoms with E-state index in [1.165, 1.54) is 6.33 Å². The molecule has 0 amide bonds. The molecule has 5 heteroatoms. The van der Waals surface area contributed by atoms with Crippen LogP contribution in [0.25, 0.3) is 0 Å². The molecule has 78 valence electrons. The van der Waals surface area contributed by atoms with Gasteiger partial charge in [-0.2, -0.15) is 0 Å². The average Bonchev–Trinajstić information content (AvgIpc) is 2.68. The fourth-order valence-corrected chi connectivity index (χ4v) is 2.62. The fourth-order valence-electron chi connectivity index (χ4n) is 1.42. The number of nitrogens with zero attached hydrogens (tertiary/aromatic N) is 2. The van der Waals surface area contributed by atoms with E-state index in [0.29, 0.717) is 0 Å². The zero-order valence-electron chi connectivity index (χ0n) is 8.14. The van der Waals surface area contributed by atoms with Crippen LogP contribution in [0.1, 0.15) is 16.5 Å². The molecule has 0 saturated carbocycles. The van der Waals surface area contributed by atoms with Gasteiger partial charge in [0.2, 0.25) is 0 Å². The Bertz CT molecular complexity index is 429. The third kappa shape index (κ3) is 2.34. The molecule has 2 heterocycles. The quantitative estimate of drug-likeness (QED) is 0.895. The third-order valence-electron chi connectivity index (χ3n) is 2.08. The van der Waals surface area contributed by atoms with Crippen LogP contribution in [0.3, 0.4) is 0 Å². The van der Waals surface area contributed by atoms with E-state index >= 15 is 0 Å². The van der Waals surface area contributed by atoms with E-state index in [4.69, 9.17) is 11.6 Å². The summed E-state index contributed by atoms with van der Waals surface area (Å²) in [5, 5.41) is 3.22. The molecule has 0 aliphatic heterocycles. The highest BCUT2D eigenvalue weighted by atomic mass is 35.5. The summed E-state index contributed by atoms with van der Waals surface area (Å²) in [7, 11) is 1.91. The summed E-state index contributed by atoms with van der Waals surface area (Å²) in [5.41, 5.74) is 1.04. The van der Waals surface area contributed by atoms with Crippen LogP contribution in [0.4, 0.5) is 0 Å². The van der Waals surface area contributed by atoms with Crippen LogP contribution in [-0.4, -0.2) is 17.0 Å². The maximum absolute atomic E-state index is 5.91. The van der Waals surface area contributed by atoms with Gasteiger partial charge >= 0.3 is 0 Å². The minimum absolute atomic E-state index is 0.115. The van der Waals surface area contributed by atoms with E-state index in [-0.39, 0.29) is 6.04 Å². The van der Waals surface area contributed by atoms with Crippen LogP contribution < -0.4 is 5.32 Å². The molecule has 0 bridgehead atoms. The van der Waals surface area contributed by atoms with Crippen molar-refractivity contribution in [2.45, 2.75) is 6.04 Å². The molecule has 0 spiro atoms. The second-order valence-corrected chi connectivity index (χ2v) is 4.78. The Morgan fingerprint density at radius 1 is 1.33 bits per heavy atom. The first-order valence-corrected chi connectivity index (χ1v) is 5.68. The second-order valence-electron chi connectivity index (χ2n) is 3.04. The molecule has 2 rings (SSSR count). The maximum atomic E-state index is 5.91. The van der Waals surface area contributed by atoms with Crippen LogP contribution in [-0.2, 0) is 0 Å². The second kappa shape index (κ2) is 4.70. The molecule has 0 aromatic carbocycles. The highest BCUT2D eigenvalue weighted by Crippen LogP contribution is 2.30. The Morgan fingerprint density at radius 3 is 2.60 bits per heavy atom. The molecule has 1 N–H and O–H groups in total. The smallest absolute Gasteiger partial charge is 0.115 e. The van der Waals surface area contributed by atoms with Crippen molar-refractivity contribution in [3.63, 3.8) is 0 Å². The predicted octanol–water partition coefficient (Wildman–Crippen LogP) is 2.50. The van der Waals surface area contributed by atoms with Crippen LogP contribution in [0, 0.1) is 0 Å². The molecule has 2 aromatic heterocycles. The number of halogens is 1. The Hall–Kier alpha value is -0.970. The molecule has 1 atom stereocenters. The standard InChI is InChI=1S/C10H10ClN3S/c1-12-10(7-4-13-6-14-5-7)8-2-3-9(11)15-8/h2-6,10,12H,1H3. The summed E-state index contributed by atoms with van der Waals surface area (Å²) in [5.74, 6) is 0. The first kappa shape index (κ1) is 10.5. The number of hydrogen-bond donors (Lipinski definition) is 1. The topological polar surface area (TPSA) is 37.8 Å². The van der Waals surface area contributed by atoms with Crippen molar-refractivity contribution in [1.82, 2.24) is 15.3 Å². The first-order chi connectivity index (χ1) is 7.31. The summed E-state index contributed by atoms with van der Waals surface area (Å²) >= 11 is 7.47. The van der Waals surface area contributed by atoms with E-state index < -0.39 is 0 Å². The monoisotopic (exact) mass is 239 g/mol. The number of nitrogens with one attached hydrogen (secondary N) is 1. The summed E-state index contributed by atoms with van der Waals surface area (Å²) in [6.45, 7) is 0. The predicted molar refractivity (Wildman–Crippen MR) is 62.3 cm³/mol. The van der Waals surface area contributed by atoms with Crippen LogP contribution in [0.5, 0.6) is 0 Å². The zero-order chi connectivity index (χ0) is 10.7. The molecule has 0 fully saturated rings. The summed E-state index contributed by atoms with van der Waals surface area (Å²) in [6.07, 6.45) is 5.14. The van der Waals surface area contributed by atoms with Gasteiger partial charge in [-0.05, 0) is 19.2 Å². The minimum atomic E-state index is 0.115. The van der Waals surface area contributed by atoms with Crippen LogP contribution in [0.15, 0.2) is 30.9 Å². The first-order valence-electron chi connectivity index (χ1n) is 4.48. The number of thiophene rings is 1. The molecular formula is C10H10ClN3S. The number of aromatic nitrogens is 2. The fraction of sp³-hybridized carbons (Fsp3) is 0.200. The van der Waals surface area contributed by atoms with Crippen LogP contribution in [0.2, 0.25) is 4.34 Å². The average molecular weight is 240 g/mol. The van der Waals surface area contributed by atoms with Crippen molar-refractivity contribution in [2.75, 3.05) is 7.05 Å². The number of rotatable bonds is 3. The lowest BCUT2D eigenvalue weighted by Crippen LogP contribution is -2.16. The molecule has 1 unspecified atom stereocenters. The van der Waals surface area contributed by atoms with Gasteiger partial charge in [-0.3, -0.25) is 0 Å². The lowest BCUT2D eigenvalue weighted by molar-refractivity contribution is 0.696. The van der Waals surface area contributed by atoms with E-state index in [1.807, 2.05) is 31.6 Å². The van der Waals surface area contributed by atoms with Gasteiger partial charge in [-0.15, -0.1) is 11.3 Å². The molecule has 0 radical (unpaired) electrons. The summed E-state index contributed by atoms with van der Waals surface area (Å²) < 4.78 is 0.794. The lowest BCUT2D eigenvalue weighted by atomic mass is 10.1. The maximum Gasteiger partial charge on any atom is 0.115 e. The van der Waals surface area contributed by atoms with E-state index in [0.717, 1.165) is 14.8 Å².